The standard InChI is InChI=1S/C16H12Cl2O3/c17-12-7-6-11(10-4-2-1-3-5-10)15(16(12)18)13(19)8-9-14(20)21/h1-7H,8-9H2,(H,20,21). The van der Waals surface area contributed by atoms with Gasteiger partial charge in [-0.3, -0.25) is 9.59 Å². The number of Topliss-reactive ketones (excluding diaryl/α,β-unsaturated/α-hetero) is 1. The largest absolute Gasteiger partial charge is 0.481 e. The third kappa shape index (κ3) is 3.63. The van der Waals surface area contributed by atoms with Crippen molar-refractivity contribution in [1.82, 2.24) is 0 Å². The first-order valence-electron chi connectivity index (χ1n) is 6.29. The number of carboxylic acid groups (broad SMARTS) is 1. The Balaban J connectivity index is 2.49. The molecule has 0 radical (unpaired) electrons. The van der Waals surface area contributed by atoms with Gasteiger partial charge in [-0.25, -0.2) is 0 Å². The SMILES string of the molecule is O=C(O)CCC(=O)c1c(-c2ccccc2)ccc(Cl)c1Cl. The Hall–Kier alpha value is -1.84. The van der Waals surface area contributed by atoms with E-state index in [2.05, 4.69) is 0 Å². The van der Waals surface area contributed by atoms with Crippen molar-refractivity contribution in [1.29, 1.82) is 0 Å². The summed E-state index contributed by atoms with van der Waals surface area (Å²) in [7, 11) is 0. The van der Waals surface area contributed by atoms with Gasteiger partial charge >= 0.3 is 5.97 Å². The summed E-state index contributed by atoms with van der Waals surface area (Å²) in [6, 6.07) is 12.6. The number of rotatable bonds is 5. The molecule has 0 bridgehead atoms. The topological polar surface area (TPSA) is 54.4 Å². The molecule has 2 aromatic carbocycles. The van der Waals surface area contributed by atoms with Crippen LogP contribution in [0.2, 0.25) is 10.0 Å². The van der Waals surface area contributed by atoms with Crippen molar-refractivity contribution in [2.24, 2.45) is 0 Å². The number of benzene rings is 2. The summed E-state index contributed by atoms with van der Waals surface area (Å²) in [6.45, 7) is 0. The molecule has 0 aromatic heterocycles. The van der Waals surface area contributed by atoms with Crippen molar-refractivity contribution in [2.75, 3.05) is 0 Å². The highest BCUT2D eigenvalue weighted by Gasteiger charge is 2.19. The van der Waals surface area contributed by atoms with E-state index in [1.807, 2.05) is 30.3 Å². The van der Waals surface area contributed by atoms with Gasteiger partial charge in [-0.1, -0.05) is 59.6 Å². The molecule has 0 aliphatic rings. The van der Waals surface area contributed by atoms with E-state index in [4.69, 9.17) is 28.3 Å². The van der Waals surface area contributed by atoms with Gasteiger partial charge in [0, 0.05) is 12.0 Å². The van der Waals surface area contributed by atoms with Gasteiger partial charge in [0.05, 0.1) is 16.5 Å². The molecule has 0 saturated carbocycles. The third-order valence-corrected chi connectivity index (χ3v) is 3.83. The lowest BCUT2D eigenvalue weighted by atomic mass is 9.95. The van der Waals surface area contributed by atoms with E-state index >= 15 is 0 Å². The van der Waals surface area contributed by atoms with Gasteiger partial charge in [0.15, 0.2) is 5.78 Å². The average Bonchev–Trinajstić information content (AvgIpc) is 2.48. The summed E-state index contributed by atoms with van der Waals surface area (Å²) in [5.41, 5.74) is 1.76. The molecule has 0 saturated heterocycles. The number of aliphatic carboxylic acids is 1. The number of halogens is 2. The first-order chi connectivity index (χ1) is 10.0. The molecule has 2 aromatic rings. The average molecular weight is 323 g/mol. The second-order valence-electron chi connectivity index (χ2n) is 4.47. The Morgan fingerprint density at radius 1 is 0.952 bits per heavy atom. The molecule has 0 fully saturated rings. The van der Waals surface area contributed by atoms with Crippen molar-refractivity contribution in [2.45, 2.75) is 12.8 Å². The summed E-state index contributed by atoms with van der Waals surface area (Å²) in [4.78, 5) is 22.9. The monoisotopic (exact) mass is 322 g/mol. The van der Waals surface area contributed by atoms with E-state index in [1.165, 1.54) is 0 Å². The third-order valence-electron chi connectivity index (χ3n) is 3.02. The van der Waals surface area contributed by atoms with E-state index in [9.17, 15) is 9.59 Å². The highest BCUT2D eigenvalue weighted by atomic mass is 35.5. The quantitative estimate of drug-likeness (QED) is 0.811. The van der Waals surface area contributed by atoms with Gasteiger partial charge in [-0.05, 0) is 17.2 Å². The van der Waals surface area contributed by atoms with E-state index < -0.39 is 5.97 Å². The van der Waals surface area contributed by atoms with Gasteiger partial charge in [0.2, 0.25) is 0 Å². The molecular formula is C16H12Cl2O3. The first kappa shape index (κ1) is 15.5. The minimum atomic E-state index is -1.03. The van der Waals surface area contributed by atoms with Crippen LogP contribution in [0.1, 0.15) is 23.2 Å². The maximum atomic E-state index is 12.3. The molecule has 0 heterocycles. The second kappa shape index (κ2) is 6.74. The molecule has 0 spiro atoms. The highest BCUT2D eigenvalue weighted by Crippen LogP contribution is 2.35. The number of carbonyl (C=O) groups is 2. The zero-order chi connectivity index (χ0) is 15.4. The molecule has 0 atom stereocenters. The van der Waals surface area contributed by atoms with Crippen molar-refractivity contribution in [3.8, 4) is 11.1 Å². The van der Waals surface area contributed by atoms with Crippen molar-refractivity contribution in [3.05, 3.63) is 58.1 Å². The molecule has 1 N–H and O–H groups in total. The maximum absolute atomic E-state index is 12.3. The zero-order valence-corrected chi connectivity index (χ0v) is 12.5. The van der Waals surface area contributed by atoms with Crippen LogP contribution >= 0.6 is 23.2 Å². The van der Waals surface area contributed by atoms with Crippen molar-refractivity contribution < 1.29 is 14.7 Å². The number of carbonyl (C=O) groups excluding carboxylic acids is 1. The predicted molar refractivity (Wildman–Crippen MR) is 83.1 cm³/mol. The van der Waals surface area contributed by atoms with Gasteiger partial charge < -0.3 is 5.11 Å². The highest BCUT2D eigenvalue weighted by molar-refractivity contribution is 6.44. The molecule has 2 rings (SSSR count). The van der Waals surface area contributed by atoms with Crippen molar-refractivity contribution >= 4 is 35.0 Å². The second-order valence-corrected chi connectivity index (χ2v) is 5.25. The molecule has 5 heteroatoms. The fraction of sp³-hybridized carbons (Fsp3) is 0.125. The van der Waals surface area contributed by atoms with E-state index in [-0.39, 0.29) is 34.2 Å². The minimum Gasteiger partial charge on any atom is -0.481 e. The molecule has 21 heavy (non-hydrogen) atoms. The van der Waals surface area contributed by atoms with Crippen LogP contribution in [0.4, 0.5) is 0 Å². The molecule has 0 amide bonds. The van der Waals surface area contributed by atoms with Crippen LogP contribution in [-0.2, 0) is 4.79 Å². The van der Waals surface area contributed by atoms with Gasteiger partial charge in [0.25, 0.3) is 0 Å². The number of ketones is 1. The summed E-state index contributed by atoms with van der Waals surface area (Å²) >= 11 is 12.1. The Morgan fingerprint density at radius 2 is 1.62 bits per heavy atom. The Labute approximate surface area is 132 Å². The molecule has 3 nitrogen and oxygen atoms in total. The van der Waals surface area contributed by atoms with Crippen LogP contribution in [0.3, 0.4) is 0 Å². The van der Waals surface area contributed by atoms with E-state index in [1.54, 1.807) is 12.1 Å². The number of carboxylic acids is 1. The van der Waals surface area contributed by atoms with Gasteiger partial charge in [0.1, 0.15) is 0 Å². The lowest BCUT2D eigenvalue weighted by Gasteiger charge is -2.12. The summed E-state index contributed by atoms with van der Waals surface area (Å²) < 4.78 is 0. The smallest absolute Gasteiger partial charge is 0.303 e. The van der Waals surface area contributed by atoms with Crippen LogP contribution in [0.5, 0.6) is 0 Å². The van der Waals surface area contributed by atoms with Gasteiger partial charge in [-0.2, -0.15) is 0 Å². The fourth-order valence-electron chi connectivity index (χ4n) is 2.03. The first-order valence-corrected chi connectivity index (χ1v) is 7.04. The van der Waals surface area contributed by atoms with Crippen LogP contribution < -0.4 is 0 Å². The normalized spacial score (nSPS) is 10.4. The Bertz CT molecular complexity index is 681. The number of hydrogen-bond donors (Lipinski definition) is 1. The molecule has 108 valence electrons. The van der Waals surface area contributed by atoms with Crippen LogP contribution in [0.15, 0.2) is 42.5 Å². The zero-order valence-electron chi connectivity index (χ0n) is 11.0. The molecule has 0 unspecified atom stereocenters. The lowest BCUT2D eigenvalue weighted by molar-refractivity contribution is -0.136. The Morgan fingerprint density at radius 3 is 2.24 bits per heavy atom. The molecule has 0 aliphatic carbocycles. The van der Waals surface area contributed by atoms with Crippen molar-refractivity contribution in [3.63, 3.8) is 0 Å². The lowest BCUT2D eigenvalue weighted by Crippen LogP contribution is -2.06. The van der Waals surface area contributed by atoms with E-state index in [0.29, 0.717) is 5.56 Å². The van der Waals surface area contributed by atoms with Crippen LogP contribution in [0, 0.1) is 0 Å². The summed E-state index contributed by atoms with van der Waals surface area (Å²) in [5.74, 6) is -1.36. The predicted octanol–water partition coefficient (Wildman–Crippen LogP) is 4.71. The van der Waals surface area contributed by atoms with Crippen LogP contribution in [0.25, 0.3) is 11.1 Å². The maximum Gasteiger partial charge on any atom is 0.303 e. The summed E-state index contributed by atoms with van der Waals surface area (Å²) in [5, 5.41) is 9.14. The number of hydrogen-bond acceptors (Lipinski definition) is 2. The summed E-state index contributed by atoms with van der Waals surface area (Å²) in [6.07, 6.45) is -0.356. The fourth-order valence-corrected chi connectivity index (χ4v) is 2.45. The molecular weight excluding hydrogens is 311 g/mol. The van der Waals surface area contributed by atoms with Gasteiger partial charge in [-0.15, -0.1) is 0 Å². The van der Waals surface area contributed by atoms with E-state index in [0.717, 1.165) is 5.56 Å². The van der Waals surface area contributed by atoms with Crippen LogP contribution in [-0.4, -0.2) is 16.9 Å². The molecule has 0 aliphatic heterocycles. The Kier molecular flexibility index (Phi) is 4.99. The minimum absolute atomic E-state index is 0.116.